The van der Waals surface area contributed by atoms with Gasteiger partial charge in [0.15, 0.2) is 18.0 Å². The SMILES string of the molecule is CC(=O)O[C@@H]1[C@@H](OC(C)=O)[C@H](Oc2c(CC(=O)O)[nH]c3ccccc23)O[C@H](CO)[C@H]1OC(C)=O. The van der Waals surface area contributed by atoms with Crippen LogP contribution in [0.4, 0.5) is 0 Å². The van der Waals surface area contributed by atoms with Crippen LogP contribution in [0.15, 0.2) is 24.3 Å². The van der Waals surface area contributed by atoms with Crippen molar-refractivity contribution >= 4 is 34.8 Å². The zero-order chi connectivity index (χ0) is 25.0. The molecule has 0 amide bonds. The average molecular weight is 479 g/mol. The fraction of sp³-hybridized carbons (Fsp3) is 0.455. The van der Waals surface area contributed by atoms with E-state index in [4.69, 9.17) is 23.7 Å². The molecule has 34 heavy (non-hydrogen) atoms. The standard InChI is InChI=1S/C22H25NO11/c1-10(25)30-19-16(9-24)33-22(21(32-12(3)27)20(19)31-11(2)26)34-18-13-6-4-5-7-14(13)23-15(18)8-17(28)29/h4-7,16,19-24H,8-9H2,1-3H3,(H,28,29)/t16-,19-,20+,21-,22+/m1/s1. The lowest BCUT2D eigenvalue weighted by Gasteiger charge is -2.43. The Kier molecular flexibility index (Phi) is 7.74. The Hall–Kier alpha value is -3.64. The maximum absolute atomic E-state index is 11.9. The van der Waals surface area contributed by atoms with Crippen LogP contribution >= 0.6 is 0 Å². The predicted molar refractivity (Wildman–Crippen MR) is 113 cm³/mol. The molecule has 0 saturated carbocycles. The molecule has 1 aliphatic heterocycles. The Morgan fingerprint density at radius 3 is 2.12 bits per heavy atom. The number of hydrogen-bond acceptors (Lipinski definition) is 10. The van der Waals surface area contributed by atoms with Gasteiger partial charge in [0.25, 0.3) is 0 Å². The third-order valence-electron chi connectivity index (χ3n) is 4.97. The van der Waals surface area contributed by atoms with Gasteiger partial charge in [0, 0.05) is 31.7 Å². The van der Waals surface area contributed by atoms with Crippen LogP contribution in [0.5, 0.6) is 5.75 Å². The second-order valence-electron chi connectivity index (χ2n) is 7.61. The van der Waals surface area contributed by atoms with E-state index >= 15 is 0 Å². The molecule has 3 N–H and O–H groups in total. The highest BCUT2D eigenvalue weighted by Gasteiger charge is 2.53. The van der Waals surface area contributed by atoms with Gasteiger partial charge >= 0.3 is 23.9 Å². The second kappa shape index (κ2) is 10.5. The van der Waals surface area contributed by atoms with Crippen molar-refractivity contribution in [3.05, 3.63) is 30.0 Å². The van der Waals surface area contributed by atoms with Crippen molar-refractivity contribution in [2.24, 2.45) is 0 Å². The number of carboxylic acid groups (broad SMARTS) is 1. The van der Waals surface area contributed by atoms with Crippen molar-refractivity contribution in [2.45, 2.75) is 57.9 Å². The molecule has 12 nitrogen and oxygen atoms in total. The highest BCUT2D eigenvalue weighted by atomic mass is 16.7. The van der Waals surface area contributed by atoms with E-state index < -0.39 is 67.6 Å². The first-order chi connectivity index (χ1) is 16.1. The van der Waals surface area contributed by atoms with Crippen molar-refractivity contribution in [1.82, 2.24) is 4.98 Å². The van der Waals surface area contributed by atoms with Gasteiger partial charge in [-0.3, -0.25) is 19.2 Å². The number of hydrogen-bond donors (Lipinski definition) is 3. The molecule has 1 fully saturated rings. The number of fused-ring (bicyclic) bond motifs is 1. The summed E-state index contributed by atoms with van der Waals surface area (Å²) in [4.78, 5) is 49.7. The maximum Gasteiger partial charge on any atom is 0.309 e. The predicted octanol–water partition coefficient (Wildman–Crippen LogP) is 0.686. The molecule has 0 bridgehead atoms. The number of para-hydroxylation sites is 1. The van der Waals surface area contributed by atoms with Crippen LogP contribution in [0.1, 0.15) is 26.5 Å². The number of benzene rings is 1. The average Bonchev–Trinajstić information content (AvgIpc) is 3.07. The summed E-state index contributed by atoms with van der Waals surface area (Å²) in [6.07, 6.45) is -7.18. The highest BCUT2D eigenvalue weighted by Crippen LogP contribution is 2.35. The molecular weight excluding hydrogens is 454 g/mol. The number of H-pyrrole nitrogens is 1. The van der Waals surface area contributed by atoms with Crippen molar-refractivity contribution in [3.8, 4) is 5.75 Å². The number of aliphatic hydroxyl groups is 1. The molecule has 0 spiro atoms. The number of aromatic amines is 1. The zero-order valence-electron chi connectivity index (χ0n) is 18.7. The molecule has 0 radical (unpaired) electrons. The number of aliphatic hydroxyl groups excluding tert-OH is 1. The Labute approximate surface area is 193 Å². The quantitative estimate of drug-likeness (QED) is 0.359. The van der Waals surface area contributed by atoms with Crippen molar-refractivity contribution in [2.75, 3.05) is 6.61 Å². The maximum atomic E-state index is 11.9. The van der Waals surface area contributed by atoms with Gasteiger partial charge in [-0.15, -0.1) is 0 Å². The van der Waals surface area contributed by atoms with Crippen LogP contribution in [0.3, 0.4) is 0 Å². The van der Waals surface area contributed by atoms with E-state index in [2.05, 4.69) is 4.98 Å². The number of carbonyl (C=O) groups is 4. The summed E-state index contributed by atoms with van der Waals surface area (Å²) in [6.45, 7) is 2.69. The molecule has 2 heterocycles. The van der Waals surface area contributed by atoms with Crippen LogP contribution in [0, 0.1) is 0 Å². The number of carboxylic acids is 1. The second-order valence-corrected chi connectivity index (χ2v) is 7.61. The zero-order valence-corrected chi connectivity index (χ0v) is 18.7. The van der Waals surface area contributed by atoms with E-state index in [1.165, 1.54) is 0 Å². The molecule has 1 aromatic carbocycles. The van der Waals surface area contributed by atoms with Gasteiger partial charge in [-0.2, -0.15) is 0 Å². The molecular formula is C22H25NO11. The lowest BCUT2D eigenvalue weighted by molar-refractivity contribution is -0.287. The number of rotatable bonds is 8. The number of aliphatic carboxylic acids is 1. The van der Waals surface area contributed by atoms with E-state index in [0.717, 1.165) is 20.8 Å². The normalized spacial score (nSPS) is 24.3. The van der Waals surface area contributed by atoms with Gasteiger partial charge in [-0.05, 0) is 12.1 Å². The molecule has 1 aliphatic rings. The first-order valence-corrected chi connectivity index (χ1v) is 10.4. The summed E-state index contributed by atoms with van der Waals surface area (Å²) in [5.41, 5.74) is 0.798. The van der Waals surface area contributed by atoms with E-state index in [1.54, 1.807) is 24.3 Å². The smallest absolute Gasteiger partial charge is 0.309 e. The van der Waals surface area contributed by atoms with Crippen molar-refractivity contribution in [1.29, 1.82) is 0 Å². The molecule has 0 aliphatic carbocycles. The summed E-state index contributed by atoms with van der Waals surface area (Å²) >= 11 is 0. The summed E-state index contributed by atoms with van der Waals surface area (Å²) in [7, 11) is 0. The van der Waals surface area contributed by atoms with Gasteiger partial charge in [0.05, 0.1) is 18.7 Å². The Bertz CT molecular complexity index is 1080. The van der Waals surface area contributed by atoms with Gasteiger partial charge < -0.3 is 38.9 Å². The number of nitrogens with one attached hydrogen (secondary N) is 1. The van der Waals surface area contributed by atoms with Crippen LogP contribution in [0.25, 0.3) is 10.9 Å². The third kappa shape index (κ3) is 5.64. The Balaban J connectivity index is 2.06. The first kappa shape index (κ1) is 25.0. The fourth-order valence-electron chi connectivity index (χ4n) is 3.80. The third-order valence-corrected chi connectivity index (χ3v) is 4.97. The molecule has 1 saturated heterocycles. The minimum absolute atomic E-state index is 0.115. The van der Waals surface area contributed by atoms with Crippen LogP contribution in [-0.4, -0.2) is 76.4 Å². The molecule has 12 heteroatoms. The van der Waals surface area contributed by atoms with Gasteiger partial charge in [-0.25, -0.2) is 0 Å². The highest BCUT2D eigenvalue weighted by molar-refractivity contribution is 5.89. The van der Waals surface area contributed by atoms with Gasteiger partial charge in [0.2, 0.25) is 12.4 Å². The molecule has 2 aromatic rings. The van der Waals surface area contributed by atoms with Crippen LogP contribution in [0.2, 0.25) is 0 Å². The minimum atomic E-state index is -1.45. The van der Waals surface area contributed by atoms with E-state index in [0.29, 0.717) is 10.9 Å². The van der Waals surface area contributed by atoms with E-state index in [9.17, 15) is 29.4 Å². The minimum Gasteiger partial charge on any atom is -0.481 e. The monoisotopic (exact) mass is 479 g/mol. The number of esters is 3. The molecule has 5 atom stereocenters. The summed E-state index contributed by atoms with van der Waals surface area (Å²) in [5, 5.41) is 19.7. The van der Waals surface area contributed by atoms with Crippen LogP contribution < -0.4 is 4.74 Å². The molecule has 184 valence electrons. The fourth-order valence-corrected chi connectivity index (χ4v) is 3.80. The topological polar surface area (TPSA) is 171 Å². The molecule has 1 aromatic heterocycles. The number of aromatic nitrogens is 1. The summed E-state index contributed by atoms with van der Waals surface area (Å²) in [6, 6.07) is 6.86. The Morgan fingerprint density at radius 2 is 1.53 bits per heavy atom. The lowest BCUT2D eigenvalue weighted by Crippen LogP contribution is -2.63. The van der Waals surface area contributed by atoms with Crippen molar-refractivity contribution < 1.29 is 53.1 Å². The molecule has 3 rings (SSSR count). The largest absolute Gasteiger partial charge is 0.481 e. The first-order valence-electron chi connectivity index (χ1n) is 10.4. The summed E-state index contributed by atoms with van der Waals surface area (Å²) < 4.78 is 27.7. The summed E-state index contributed by atoms with van der Waals surface area (Å²) in [5.74, 6) is -3.29. The number of carbonyl (C=O) groups excluding carboxylic acids is 3. The molecule has 0 unspecified atom stereocenters. The van der Waals surface area contributed by atoms with Gasteiger partial charge in [-0.1, -0.05) is 12.1 Å². The van der Waals surface area contributed by atoms with E-state index in [-0.39, 0.29) is 11.4 Å². The van der Waals surface area contributed by atoms with Gasteiger partial charge in [0.1, 0.15) is 6.10 Å². The Morgan fingerprint density at radius 1 is 0.941 bits per heavy atom. The van der Waals surface area contributed by atoms with E-state index in [1.807, 2.05) is 0 Å². The lowest BCUT2D eigenvalue weighted by atomic mass is 9.98. The van der Waals surface area contributed by atoms with Crippen molar-refractivity contribution in [3.63, 3.8) is 0 Å². The van der Waals surface area contributed by atoms with Crippen LogP contribution in [-0.2, 0) is 44.5 Å². The number of ether oxygens (including phenoxy) is 5.